The average Bonchev–Trinajstić information content (AvgIpc) is 1.37. The van der Waals surface area contributed by atoms with Crippen LogP contribution in [0.15, 0.2) is 0 Å². The van der Waals surface area contributed by atoms with Crippen LogP contribution < -0.4 is 29.6 Å². The maximum Gasteiger partial charge on any atom is 1.00 e. The van der Waals surface area contributed by atoms with Gasteiger partial charge in [0.25, 0.3) is 0 Å². The third-order valence-electron chi connectivity index (χ3n) is 0.0500. The van der Waals surface area contributed by atoms with Gasteiger partial charge in [-0.1, -0.05) is 0 Å². The maximum absolute atomic E-state index is 7.26. The second-order valence-corrected chi connectivity index (χ2v) is 0.224. The summed E-state index contributed by atoms with van der Waals surface area (Å²) in [5, 5.41) is 14.5. The number of rotatable bonds is 0. The van der Waals surface area contributed by atoms with Gasteiger partial charge in [-0.25, -0.2) is 0 Å². The summed E-state index contributed by atoms with van der Waals surface area (Å²) < 4.78 is 0. The Kier molecular flexibility index (Phi) is 15.9. The van der Waals surface area contributed by atoms with Crippen LogP contribution in [0, 0.1) is 12.2 Å². The predicted octanol–water partition coefficient (Wildman–Crippen LogP) is -3.23. The van der Waals surface area contributed by atoms with Crippen molar-refractivity contribution in [3.8, 4) is 12.2 Å². The van der Waals surface area contributed by atoms with Gasteiger partial charge >= 0.3 is 29.6 Å². The van der Waals surface area contributed by atoms with E-state index in [0.717, 1.165) is 0 Å². The minimum atomic E-state index is 0. The number of hydrogen-bond acceptors (Lipinski definition) is 2. The van der Waals surface area contributed by atoms with Crippen LogP contribution in [-0.2, 0) is 0 Å². The molecule has 0 heterocycles. The van der Waals surface area contributed by atoms with E-state index in [0.29, 0.717) is 0 Å². The fourth-order valence-electron chi connectivity index (χ4n) is 0. The Hall–Kier alpha value is 0.160. The Bertz CT molecular complexity index is 48.3. The molecule has 0 saturated heterocycles. The first kappa shape index (κ1) is 8.94. The van der Waals surface area contributed by atoms with E-state index >= 15 is 0 Å². The van der Waals surface area contributed by atoms with Crippen molar-refractivity contribution in [3.05, 3.63) is 0 Å². The molecule has 0 aliphatic heterocycles. The third kappa shape index (κ3) is 14.4. The largest absolute Gasteiger partial charge is 1.00 e. The fourth-order valence-corrected chi connectivity index (χ4v) is 0. The van der Waals surface area contributed by atoms with Crippen molar-refractivity contribution in [1.82, 2.24) is 0 Å². The van der Waals surface area contributed by atoms with Crippen molar-refractivity contribution in [2.45, 2.75) is 0 Å². The van der Waals surface area contributed by atoms with E-state index in [2.05, 4.69) is 0 Å². The van der Waals surface area contributed by atoms with E-state index in [1.807, 2.05) is 0 Å². The average molecular weight is 82.0 g/mol. The monoisotopic (exact) mass is 82.0 g/mol. The van der Waals surface area contributed by atoms with Crippen LogP contribution >= 0.6 is 0 Å². The van der Waals surface area contributed by atoms with E-state index in [9.17, 15) is 0 Å². The summed E-state index contributed by atoms with van der Waals surface area (Å²) in [6.45, 7) is 0. The van der Waals surface area contributed by atoms with Gasteiger partial charge in [0.2, 0.25) is 0 Å². The van der Waals surface area contributed by atoms with Crippen LogP contribution in [0.4, 0.5) is 0 Å². The summed E-state index contributed by atoms with van der Waals surface area (Å²) in [6.07, 6.45) is 2.47. The van der Waals surface area contributed by atoms with Crippen molar-refractivity contribution in [1.29, 1.82) is 0 Å². The summed E-state index contributed by atoms with van der Waals surface area (Å²) in [7, 11) is 0. The van der Waals surface area contributed by atoms with Gasteiger partial charge in [-0.15, -0.1) is 0 Å². The Morgan fingerprint density at radius 3 is 1.40 bits per heavy atom. The molecule has 0 radical (unpaired) electrons. The Morgan fingerprint density at radius 1 is 1.20 bits per heavy atom. The first-order valence-corrected chi connectivity index (χ1v) is 0.697. The van der Waals surface area contributed by atoms with Gasteiger partial charge in [0.1, 0.15) is 0 Å². The fraction of sp³-hybridized carbons (Fsp3) is 0. The van der Waals surface area contributed by atoms with E-state index < -0.39 is 0 Å². The minimum absolute atomic E-state index is 0. The van der Waals surface area contributed by atoms with E-state index in [4.69, 9.17) is 10.2 Å². The van der Waals surface area contributed by atoms with Crippen LogP contribution in [-0.4, -0.2) is 10.2 Å². The maximum atomic E-state index is 7.26. The molecule has 0 aromatic carbocycles. The molecular weight excluding hydrogens is 79.0 g/mol. The zero-order chi connectivity index (χ0) is 3.41. The Labute approximate surface area is 53.6 Å². The summed E-state index contributed by atoms with van der Waals surface area (Å²) >= 11 is 0. The second-order valence-electron chi connectivity index (χ2n) is 0.224. The minimum Gasteiger partial charge on any atom is -1.00 e. The Morgan fingerprint density at radius 2 is 1.40 bits per heavy atom. The first-order chi connectivity index (χ1) is 1.91. The van der Waals surface area contributed by atoms with Crippen LogP contribution in [0.3, 0.4) is 0 Å². The summed E-state index contributed by atoms with van der Waals surface area (Å²) in [6, 6.07) is 0. The summed E-state index contributed by atoms with van der Waals surface area (Å²) in [5.74, 6) is 0. The molecule has 0 aliphatic rings. The summed E-state index contributed by atoms with van der Waals surface area (Å²) in [5.41, 5.74) is 0. The van der Waals surface area contributed by atoms with Gasteiger partial charge in [-0.05, 0) is 0 Å². The van der Waals surface area contributed by atoms with Crippen LogP contribution in [0.2, 0.25) is 0 Å². The van der Waals surface area contributed by atoms with Gasteiger partial charge in [0, 0.05) is 0 Å². The molecule has 0 aliphatic carbocycles. The zero-order valence-electron chi connectivity index (χ0n) is 3.89. The standard InChI is InChI=1S/C2H2O2.Na.H/c3-1-2-4;;/h3-4H;;/q;+1;-1. The number of aliphatic hydroxyl groups is 2. The second kappa shape index (κ2) is 8.90. The molecule has 0 bridgehead atoms. The predicted molar refractivity (Wildman–Crippen MR) is 12.8 cm³/mol. The van der Waals surface area contributed by atoms with Gasteiger partial charge in [-0.3, -0.25) is 0 Å². The van der Waals surface area contributed by atoms with Crippen LogP contribution in [0.1, 0.15) is 1.43 Å². The molecule has 5 heavy (non-hydrogen) atoms. The molecule has 2 nitrogen and oxygen atoms in total. The van der Waals surface area contributed by atoms with Crippen LogP contribution in [0.25, 0.3) is 0 Å². The van der Waals surface area contributed by atoms with E-state index in [1.165, 1.54) is 12.2 Å². The van der Waals surface area contributed by atoms with Crippen molar-refractivity contribution in [2.24, 2.45) is 0 Å². The molecule has 0 amide bonds. The SMILES string of the molecule is OC#CO.[H-].[Na+]. The van der Waals surface area contributed by atoms with Gasteiger partial charge in [0.15, 0.2) is 12.2 Å². The van der Waals surface area contributed by atoms with Crippen molar-refractivity contribution in [3.63, 3.8) is 0 Å². The third-order valence-corrected chi connectivity index (χ3v) is 0.0500. The van der Waals surface area contributed by atoms with Gasteiger partial charge < -0.3 is 11.6 Å². The smallest absolute Gasteiger partial charge is 1.00 e. The van der Waals surface area contributed by atoms with Crippen molar-refractivity contribution >= 4 is 0 Å². The first-order valence-electron chi connectivity index (χ1n) is 0.697. The molecule has 0 aromatic heterocycles. The molecule has 3 heteroatoms. The molecule has 0 fully saturated rings. The molecule has 2 N–H and O–H groups in total. The molecule has 0 atom stereocenters. The Balaban J connectivity index is -0.0000000450. The number of aliphatic hydroxyl groups excluding tert-OH is 2. The normalized spacial score (nSPS) is 2.40. The van der Waals surface area contributed by atoms with Crippen LogP contribution in [0.5, 0.6) is 0 Å². The quantitative estimate of drug-likeness (QED) is 0.238. The van der Waals surface area contributed by atoms with E-state index in [1.54, 1.807) is 0 Å². The van der Waals surface area contributed by atoms with E-state index in [-0.39, 0.29) is 31.0 Å². The topological polar surface area (TPSA) is 40.5 Å². The molecule has 0 aromatic rings. The molecule has 0 spiro atoms. The molecule has 0 rings (SSSR count). The molecular formula is C2H3NaO2. The van der Waals surface area contributed by atoms with Gasteiger partial charge in [0.05, 0.1) is 0 Å². The zero-order valence-corrected chi connectivity index (χ0v) is 4.89. The van der Waals surface area contributed by atoms with Gasteiger partial charge in [-0.2, -0.15) is 0 Å². The summed E-state index contributed by atoms with van der Waals surface area (Å²) in [4.78, 5) is 0. The van der Waals surface area contributed by atoms with Crippen molar-refractivity contribution < 1.29 is 41.2 Å². The van der Waals surface area contributed by atoms with Crippen molar-refractivity contribution in [2.75, 3.05) is 0 Å². The molecule has 0 unspecified atom stereocenters. The molecule has 24 valence electrons. The number of hydrogen-bond donors (Lipinski definition) is 2. The molecule has 0 saturated carbocycles.